The van der Waals surface area contributed by atoms with Gasteiger partial charge in [-0.2, -0.15) is 0 Å². The first kappa shape index (κ1) is 22.0. The van der Waals surface area contributed by atoms with Gasteiger partial charge in [-0.15, -0.1) is 0 Å². The average molecular weight is 418 g/mol. The van der Waals surface area contributed by atoms with Crippen molar-refractivity contribution in [1.29, 1.82) is 0 Å². The Morgan fingerprint density at radius 3 is 2.52 bits per heavy atom. The van der Waals surface area contributed by atoms with Gasteiger partial charge in [0.1, 0.15) is 0 Å². The molecular formula is C28H35NO2. The molecule has 1 fully saturated rings. The van der Waals surface area contributed by atoms with Crippen molar-refractivity contribution in [2.45, 2.75) is 57.8 Å². The summed E-state index contributed by atoms with van der Waals surface area (Å²) < 4.78 is 6.21. The van der Waals surface area contributed by atoms with E-state index in [0.29, 0.717) is 19.1 Å². The minimum atomic E-state index is -0.526. The molecule has 2 unspecified atom stereocenters. The smallest absolute Gasteiger partial charge is 0.0898 e. The normalized spacial score (nSPS) is 16.4. The largest absolute Gasteiger partial charge is 0.389 e. The Morgan fingerprint density at radius 2 is 1.77 bits per heavy atom. The van der Waals surface area contributed by atoms with Crippen molar-refractivity contribution in [1.82, 2.24) is 5.32 Å². The highest BCUT2D eigenvalue weighted by molar-refractivity contribution is 5.83. The summed E-state index contributed by atoms with van der Waals surface area (Å²) in [6.07, 6.45) is 2.90. The predicted molar refractivity (Wildman–Crippen MR) is 128 cm³/mol. The number of ether oxygens (including phenoxy) is 1. The lowest BCUT2D eigenvalue weighted by molar-refractivity contribution is -0.0211. The van der Waals surface area contributed by atoms with E-state index in [1.807, 2.05) is 0 Å². The zero-order valence-corrected chi connectivity index (χ0v) is 19.0. The van der Waals surface area contributed by atoms with Crippen molar-refractivity contribution in [3.05, 3.63) is 83.4 Å². The maximum absolute atomic E-state index is 10.6. The maximum Gasteiger partial charge on any atom is 0.0898 e. The molecule has 0 aromatic heterocycles. The van der Waals surface area contributed by atoms with Gasteiger partial charge in [0.15, 0.2) is 0 Å². The number of hydrogen-bond donors (Lipinski definition) is 2. The molecule has 0 bridgehead atoms. The molecule has 0 aliphatic heterocycles. The molecule has 31 heavy (non-hydrogen) atoms. The second-order valence-corrected chi connectivity index (χ2v) is 9.78. The van der Waals surface area contributed by atoms with Gasteiger partial charge in [-0.1, -0.05) is 72.3 Å². The van der Waals surface area contributed by atoms with Crippen molar-refractivity contribution < 1.29 is 9.84 Å². The highest BCUT2D eigenvalue weighted by atomic mass is 16.5. The Balaban J connectivity index is 1.29. The molecule has 3 nitrogen and oxygen atoms in total. The number of rotatable bonds is 10. The summed E-state index contributed by atoms with van der Waals surface area (Å²) in [5, 5.41) is 16.7. The first-order chi connectivity index (χ1) is 14.9. The quantitative estimate of drug-likeness (QED) is 0.452. The first-order valence-corrected chi connectivity index (χ1v) is 11.5. The highest BCUT2D eigenvalue weighted by Gasteiger charge is 2.33. The lowest BCUT2D eigenvalue weighted by Gasteiger charge is -2.29. The lowest BCUT2D eigenvalue weighted by atomic mass is 9.93. The Labute approximate surface area is 186 Å². The van der Waals surface area contributed by atoms with Crippen LogP contribution < -0.4 is 5.32 Å². The minimum absolute atomic E-state index is 0.0974. The van der Waals surface area contributed by atoms with Crippen molar-refractivity contribution in [2.24, 2.45) is 5.92 Å². The molecule has 0 heterocycles. The van der Waals surface area contributed by atoms with Gasteiger partial charge < -0.3 is 15.2 Å². The summed E-state index contributed by atoms with van der Waals surface area (Å²) in [5.74, 6) is 0.589. The van der Waals surface area contributed by atoms with Crippen LogP contribution in [0.25, 0.3) is 10.8 Å². The SMILES string of the molecule is Cc1cccc(C(OCC(O)CNC(C)(C)Cc2ccc3ccccc3c2)C2CC2)c1. The van der Waals surface area contributed by atoms with Gasteiger partial charge >= 0.3 is 0 Å². The number of hydrogen-bond acceptors (Lipinski definition) is 3. The molecule has 0 radical (unpaired) electrons. The molecule has 1 aliphatic rings. The van der Waals surface area contributed by atoms with E-state index in [9.17, 15) is 5.11 Å². The number of benzene rings is 3. The molecule has 2 atom stereocenters. The number of aliphatic hydroxyl groups excluding tert-OH is 1. The van der Waals surface area contributed by atoms with Crippen LogP contribution in [0.5, 0.6) is 0 Å². The van der Waals surface area contributed by atoms with Gasteiger partial charge in [0, 0.05) is 12.1 Å². The number of aliphatic hydroxyl groups is 1. The summed E-state index contributed by atoms with van der Waals surface area (Å²) in [4.78, 5) is 0. The fourth-order valence-corrected chi connectivity index (χ4v) is 4.34. The van der Waals surface area contributed by atoms with Crippen LogP contribution in [0.15, 0.2) is 66.7 Å². The fourth-order valence-electron chi connectivity index (χ4n) is 4.34. The van der Waals surface area contributed by atoms with Crippen LogP contribution in [0.1, 0.15) is 49.5 Å². The van der Waals surface area contributed by atoms with E-state index < -0.39 is 6.10 Å². The van der Waals surface area contributed by atoms with Gasteiger partial charge in [0.25, 0.3) is 0 Å². The van der Waals surface area contributed by atoms with Crippen LogP contribution in [0.2, 0.25) is 0 Å². The van der Waals surface area contributed by atoms with Crippen LogP contribution in [-0.2, 0) is 11.2 Å². The van der Waals surface area contributed by atoms with Crippen molar-refractivity contribution in [3.63, 3.8) is 0 Å². The van der Waals surface area contributed by atoms with Crippen molar-refractivity contribution in [3.8, 4) is 0 Å². The monoisotopic (exact) mass is 417 g/mol. The Kier molecular flexibility index (Phi) is 6.76. The first-order valence-electron chi connectivity index (χ1n) is 11.5. The molecule has 1 saturated carbocycles. The van der Waals surface area contributed by atoms with Gasteiger partial charge in [-0.25, -0.2) is 0 Å². The summed E-state index contributed by atoms with van der Waals surface area (Å²) in [5.41, 5.74) is 3.68. The number of nitrogens with one attached hydrogen (secondary N) is 1. The molecule has 3 aromatic carbocycles. The Bertz CT molecular complexity index is 1010. The lowest BCUT2D eigenvalue weighted by Crippen LogP contribution is -2.46. The topological polar surface area (TPSA) is 41.5 Å². The standard InChI is InChI=1S/C28H35NO2/c1-20-7-6-10-25(15-20)27(23-13-14-23)31-19-26(30)18-29-28(2,3)17-21-11-12-22-8-4-5-9-24(22)16-21/h4-12,15-16,23,26-27,29-30H,13-14,17-19H2,1-3H3. The van der Waals surface area contributed by atoms with Gasteiger partial charge in [-0.05, 0) is 67.9 Å². The molecule has 0 amide bonds. The highest BCUT2D eigenvalue weighted by Crippen LogP contribution is 2.43. The van der Waals surface area contributed by atoms with E-state index in [2.05, 4.69) is 92.8 Å². The summed E-state index contributed by atoms with van der Waals surface area (Å²) in [7, 11) is 0. The zero-order valence-electron chi connectivity index (χ0n) is 19.0. The summed E-state index contributed by atoms with van der Waals surface area (Å²) >= 11 is 0. The molecule has 3 aromatic rings. The predicted octanol–water partition coefficient (Wildman–Crippen LogP) is 5.59. The minimum Gasteiger partial charge on any atom is -0.389 e. The summed E-state index contributed by atoms with van der Waals surface area (Å²) in [6, 6.07) is 23.7. The fraction of sp³-hybridized carbons (Fsp3) is 0.429. The summed E-state index contributed by atoms with van der Waals surface area (Å²) in [6.45, 7) is 7.37. The van der Waals surface area contributed by atoms with E-state index in [-0.39, 0.29) is 11.6 Å². The molecule has 1 aliphatic carbocycles. The van der Waals surface area contributed by atoms with Crippen LogP contribution in [0, 0.1) is 12.8 Å². The molecule has 2 N–H and O–H groups in total. The van der Waals surface area contributed by atoms with E-state index in [4.69, 9.17) is 4.74 Å². The molecule has 3 heteroatoms. The second kappa shape index (κ2) is 9.52. The van der Waals surface area contributed by atoms with E-state index >= 15 is 0 Å². The van der Waals surface area contributed by atoms with Gasteiger partial charge in [0.2, 0.25) is 0 Å². The molecular weight excluding hydrogens is 382 g/mol. The Morgan fingerprint density at radius 1 is 1.00 bits per heavy atom. The molecule has 4 rings (SSSR count). The third-order valence-electron chi connectivity index (χ3n) is 6.17. The third-order valence-corrected chi connectivity index (χ3v) is 6.17. The third kappa shape index (κ3) is 6.16. The van der Waals surface area contributed by atoms with Crippen molar-refractivity contribution >= 4 is 10.8 Å². The maximum atomic E-state index is 10.6. The van der Waals surface area contributed by atoms with Crippen molar-refractivity contribution in [2.75, 3.05) is 13.2 Å². The number of aryl methyl sites for hydroxylation is 1. The van der Waals surface area contributed by atoms with E-state index in [0.717, 1.165) is 6.42 Å². The zero-order chi connectivity index (χ0) is 21.8. The van der Waals surface area contributed by atoms with Crippen LogP contribution >= 0.6 is 0 Å². The van der Waals surface area contributed by atoms with Crippen LogP contribution in [0.4, 0.5) is 0 Å². The Hall–Kier alpha value is -2.20. The van der Waals surface area contributed by atoms with Crippen LogP contribution in [0.3, 0.4) is 0 Å². The van der Waals surface area contributed by atoms with Gasteiger partial charge in [0.05, 0.1) is 18.8 Å². The number of fused-ring (bicyclic) bond motifs is 1. The second-order valence-electron chi connectivity index (χ2n) is 9.78. The number of β-amino-alcohol motifs (C(OH)–C–C–N with tert-alkyl or cyclic N) is 1. The van der Waals surface area contributed by atoms with E-state index in [1.54, 1.807) is 0 Å². The van der Waals surface area contributed by atoms with E-state index in [1.165, 1.54) is 40.3 Å². The molecule has 164 valence electrons. The molecule has 0 saturated heterocycles. The van der Waals surface area contributed by atoms with Crippen LogP contribution in [-0.4, -0.2) is 29.9 Å². The molecule has 0 spiro atoms. The average Bonchev–Trinajstić information content (AvgIpc) is 3.57. The van der Waals surface area contributed by atoms with Gasteiger partial charge in [-0.3, -0.25) is 0 Å².